The summed E-state index contributed by atoms with van der Waals surface area (Å²) in [6.45, 7) is 13.7. The number of hydrogen-bond acceptors (Lipinski definition) is 6. The van der Waals surface area contributed by atoms with Gasteiger partial charge in [0, 0.05) is 19.3 Å². The van der Waals surface area contributed by atoms with Crippen molar-refractivity contribution in [2.45, 2.75) is 253 Å². The van der Waals surface area contributed by atoms with E-state index >= 15 is 0 Å². The van der Waals surface area contributed by atoms with Crippen molar-refractivity contribution in [1.82, 2.24) is 0 Å². The van der Waals surface area contributed by atoms with E-state index in [1.165, 1.54) is 128 Å². The van der Waals surface area contributed by atoms with E-state index in [2.05, 4.69) is 41.5 Å². The number of rotatable bonds is 40. The number of unbranched alkanes of at least 4 members (excludes halogenated alkanes) is 21. The molecule has 0 aliphatic carbocycles. The van der Waals surface area contributed by atoms with Crippen LogP contribution in [0.25, 0.3) is 0 Å². The SMILES string of the molecule is CCC(C)CCCCCCCCCCC(=O)O[C@@H](COC(=O)CCCCCCCCCCCCC(C)C)COC(=O)CCCCCCCCC(C)CC. The highest BCUT2D eigenvalue weighted by molar-refractivity contribution is 5.71. The number of carbonyl (C=O) groups is 3. The molecule has 0 heterocycles. The first-order valence-electron chi connectivity index (χ1n) is 23.2. The first kappa shape index (κ1) is 51.4. The lowest BCUT2D eigenvalue weighted by Gasteiger charge is -2.18. The summed E-state index contributed by atoms with van der Waals surface area (Å²) in [6, 6.07) is 0. The van der Waals surface area contributed by atoms with Crippen LogP contribution < -0.4 is 0 Å². The van der Waals surface area contributed by atoms with Gasteiger partial charge in [0.05, 0.1) is 0 Å². The van der Waals surface area contributed by atoms with E-state index in [9.17, 15) is 14.4 Å². The second-order valence-corrected chi connectivity index (χ2v) is 17.0. The minimum absolute atomic E-state index is 0.0668. The maximum Gasteiger partial charge on any atom is 0.306 e. The van der Waals surface area contributed by atoms with Gasteiger partial charge in [-0.2, -0.15) is 0 Å². The lowest BCUT2D eigenvalue weighted by Crippen LogP contribution is -2.30. The number of hydrogen-bond donors (Lipinski definition) is 0. The van der Waals surface area contributed by atoms with Crippen molar-refractivity contribution in [3.05, 3.63) is 0 Å². The zero-order valence-electron chi connectivity index (χ0n) is 36.3. The summed E-state index contributed by atoms with van der Waals surface area (Å²) >= 11 is 0. The molecule has 0 aromatic rings. The first-order valence-corrected chi connectivity index (χ1v) is 23.2. The molecule has 6 heteroatoms. The fourth-order valence-corrected chi connectivity index (χ4v) is 6.81. The predicted octanol–water partition coefficient (Wildman–Crippen LogP) is 14.4. The quantitative estimate of drug-likeness (QED) is 0.0352. The highest BCUT2D eigenvalue weighted by Gasteiger charge is 2.19. The molecule has 0 saturated carbocycles. The Morgan fingerprint density at radius 1 is 0.377 bits per heavy atom. The van der Waals surface area contributed by atoms with Crippen LogP contribution in [0.2, 0.25) is 0 Å². The van der Waals surface area contributed by atoms with Gasteiger partial charge in [-0.15, -0.1) is 0 Å². The van der Waals surface area contributed by atoms with Gasteiger partial charge in [0.25, 0.3) is 0 Å². The van der Waals surface area contributed by atoms with E-state index in [1.807, 2.05) is 0 Å². The molecule has 0 aromatic heterocycles. The largest absolute Gasteiger partial charge is 0.462 e. The summed E-state index contributed by atoms with van der Waals surface area (Å²) in [7, 11) is 0. The van der Waals surface area contributed by atoms with Crippen LogP contribution in [0.4, 0.5) is 0 Å². The molecule has 6 nitrogen and oxygen atoms in total. The lowest BCUT2D eigenvalue weighted by atomic mass is 9.99. The van der Waals surface area contributed by atoms with Crippen LogP contribution in [0.5, 0.6) is 0 Å². The molecule has 53 heavy (non-hydrogen) atoms. The van der Waals surface area contributed by atoms with E-state index in [-0.39, 0.29) is 31.1 Å². The number of esters is 3. The molecule has 314 valence electrons. The van der Waals surface area contributed by atoms with Crippen LogP contribution in [-0.4, -0.2) is 37.2 Å². The Kier molecular flexibility index (Phi) is 37.5. The molecule has 0 N–H and O–H groups in total. The van der Waals surface area contributed by atoms with Crippen LogP contribution in [0.1, 0.15) is 247 Å². The summed E-state index contributed by atoms with van der Waals surface area (Å²) < 4.78 is 16.7. The van der Waals surface area contributed by atoms with Crippen molar-refractivity contribution < 1.29 is 28.6 Å². The van der Waals surface area contributed by atoms with E-state index in [4.69, 9.17) is 14.2 Å². The van der Waals surface area contributed by atoms with Crippen molar-refractivity contribution in [2.24, 2.45) is 17.8 Å². The minimum Gasteiger partial charge on any atom is -0.462 e. The van der Waals surface area contributed by atoms with Crippen LogP contribution in [0.15, 0.2) is 0 Å². The van der Waals surface area contributed by atoms with Crippen LogP contribution in [0, 0.1) is 17.8 Å². The molecule has 0 saturated heterocycles. The fraction of sp³-hybridized carbons (Fsp3) is 0.936. The molecule has 0 aromatic carbocycles. The van der Waals surface area contributed by atoms with Crippen molar-refractivity contribution >= 4 is 17.9 Å². The van der Waals surface area contributed by atoms with Gasteiger partial charge in [0.15, 0.2) is 6.10 Å². The van der Waals surface area contributed by atoms with Crippen LogP contribution in [-0.2, 0) is 28.6 Å². The first-order chi connectivity index (χ1) is 25.7. The molecule has 2 unspecified atom stereocenters. The van der Waals surface area contributed by atoms with Gasteiger partial charge in [0.2, 0.25) is 0 Å². The Morgan fingerprint density at radius 2 is 0.660 bits per heavy atom. The average Bonchev–Trinajstić information content (AvgIpc) is 3.14. The molecule has 0 fully saturated rings. The van der Waals surface area contributed by atoms with Gasteiger partial charge in [-0.1, -0.05) is 208 Å². The normalized spacial score (nSPS) is 13.2. The monoisotopic (exact) mass is 751 g/mol. The third kappa shape index (κ3) is 38.5. The zero-order chi connectivity index (χ0) is 39.2. The van der Waals surface area contributed by atoms with E-state index in [1.54, 1.807) is 0 Å². The topological polar surface area (TPSA) is 78.9 Å². The van der Waals surface area contributed by atoms with Gasteiger partial charge in [0.1, 0.15) is 13.2 Å². The van der Waals surface area contributed by atoms with Gasteiger partial charge < -0.3 is 14.2 Å². The van der Waals surface area contributed by atoms with Crippen molar-refractivity contribution in [2.75, 3.05) is 13.2 Å². The van der Waals surface area contributed by atoms with Crippen LogP contribution >= 0.6 is 0 Å². The predicted molar refractivity (Wildman–Crippen MR) is 224 cm³/mol. The van der Waals surface area contributed by atoms with Gasteiger partial charge in [-0.05, 0) is 37.0 Å². The molecule has 3 atom stereocenters. The summed E-state index contributed by atoms with van der Waals surface area (Å²) in [5.74, 6) is 1.61. The van der Waals surface area contributed by atoms with Gasteiger partial charge in [-0.3, -0.25) is 14.4 Å². The summed E-state index contributed by atoms with van der Waals surface area (Å²) in [6.07, 6.45) is 35.1. The maximum absolute atomic E-state index is 12.7. The maximum atomic E-state index is 12.7. The zero-order valence-corrected chi connectivity index (χ0v) is 36.3. The van der Waals surface area contributed by atoms with Crippen molar-refractivity contribution in [3.63, 3.8) is 0 Å². The third-order valence-electron chi connectivity index (χ3n) is 11.1. The molecular weight excluding hydrogens is 661 g/mol. The van der Waals surface area contributed by atoms with E-state index in [0.717, 1.165) is 75.5 Å². The second kappa shape index (κ2) is 38.7. The van der Waals surface area contributed by atoms with Crippen molar-refractivity contribution in [1.29, 1.82) is 0 Å². The molecule has 0 bridgehead atoms. The Hall–Kier alpha value is -1.59. The summed E-state index contributed by atoms with van der Waals surface area (Å²) in [5, 5.41) is 0. The number of carbonyl (C=O) groups excluding carboxylic acids is 3. The Balaban J connectivity index is 4.36. The second-order valence-electron chi connectivity index (χ2n) is 17.0. The molecule has 0 aliphatic rings. The molecule has 0 radical (unpaired) electrons. The fourth-order valence-electron chi connectivity index (χ4n) is 6.81. The molecule has 0 rings (SSSR count). The Labute approximate surface area is 329 Å². The molecule has 0 amide bonds. The Morgan fingerprint density at radius 3 is 0.981 bits per heavy atom. The van der Waals surface area contributed by atoms with Crippen molar-refractivity contribution in [3.8, 4) is 0 Å². The average molecular weight is 751 g/mol. The molecular formula is C47H90O6. The Bertz CT molecular complexity index is 826. The minimum atomic E-state index is -0.762. The summed E-state index contributed by atoms with van der Waals surface area (Å²) in [4.78, 5) is 37.7. The summed E-state index contributed by atoms with van der Waals surface area (Å²) in [5.41, 5.74) is 0. The van der Waals surface area contributed by atoms with E-state index < -0.39 is 6.10 Å². The smallest absolute Gasteiger partial charge is 0.306 e. The number of ether oxygens (including phenoxy) is 3. The standard InChI is InChI=1S/C47H90O6/c1-7-42(5)34-28-22-16-13-14-18-26-32-38-47(50)53-44(40-52-46(49)37-31-25-20-19-23-29-35-43(6)8-2)39-51-45(48)36-30-24-17-12-10-9-11-15-21-27-33-41(3)4/h41-44H,7-40H2,1-6H3/t42?,43?,44-/m0/s1. The molecule has 0 aliphatic heterocycles. The lowest BCUT2D eigenvalue weighted by molar-refractivity contribution is -0.167. The third-order valence-corrected chi connectivity index (χ3v) is 11.1. The highest BCUT2D eigenvalue weighted by atomic mass is 16.6. The van der Waals surface area contributed by atoms with E-state index in [0.29, 0.717) is 19.3 Å². The molecule has 0 spiro atoms. The van der Waals surface area contributed by atoms with Gasteiger partial charge >= 0.3 is 17.9 Å². The highest BCUT2D eigenvalue weighted by Crippen LogP contribution is 2.18. The van der Waals surface area contributed by atoms with Gasteiger partial charge in [-0.25, -0.2) is 0 Å². The van der Waals surface area contributed by atoms with Crippen LogP contribution in [0.3, 0.4) is 0 Å².